The van der Waals surface area contributed by atoms with Crippen LogP contribution in [0.5, 0.6) is 0 Å². The van der Waals surface area contributed by atoms with E-state index >= 15 is 0 Å². The maximum atomic E-state index is 3.73. The van der Waals surface area contributed by atoms with Crippen LogP contribution >= 0.6 is 0 Å². The molecular formula is C16H32N2. The van der Waals surface area contributed by atoms with Crippen LogP contribution in [-0.4, -0.2) is 35.6 Å². The molecule has 0 radical (unpaired) electrons. The lowest BCUT2D eigenvalue weighted by molar-refractivity contribution is 0.0108. The van der Waals surface area contributed by atoms with Crippen molar-refractivity contribution in [3.05, 3.63) is 0 Å². The van der Waals surface area contributed by atoms with Crippen molar-refractivity contribution in [1.82, 2.24) is 10.2 Å². The number of nitrogens with zero attached hydrogens (tertiary/aromatic N) is 1. The first-order valence-corrected chi connectivity index (χ1v) is 7.90. The number of piperazine rings is 1. The molecule has 0 amide bonds. The molecule has 1 aliphatic carbocycles. The van der Waals surface area contributed by atoms with Crippen molar-refractivity contribution in [2.75, 3.05) is 13.1 Å². The molecule has 2 aliphatic rings. The molecule has 3 atom stereocenters. The van der Waals surface area contributed by atoms with Crippen molar-refractivity contribution < 1.29 is 0 Å². The third-order valence-corrected chi connectivity index (χ3v) is 4.94. The Labute approximate surface area is 114 Å². The summed E-state index contributed by atoms with van der Waals surface area (Å²) in [6.45, 7) is 14.3. The van der Waals surface area contributed by atoms with Gasteiger partial charge in [-0.25, -0.2) is 0 Å². The van der Waals surface area contributed by atoms with Gasteiger partial charge in [0.25, 0.3) is 0 Å². The maximum Gasteiger partial charge on any atom is 0.0253 e. The molecule has 0 spiro atoms. The molecule has 0 aromatic rings. The second-order valence-corrected chi connectivity index (χ2v) is 7.67. The molecule has 1 heterocycles. The van der Waals surface area contributed by atoms with Gasteiger partial charge in [0.15, 0.2) is 0 Å². The molecule has 2 fully saturated rings. The van der Waals surface area contributed by atoms with Crippen molar-refractivity contribution in [2.45, 2.75) is 77.9 Å². The Bertz CT molecular complexity index is 272. The standard InChI is InChI=1S/C16H32N2/c1-12(2)15-10-17-16(4,5)11-18(15)14-8-6-7-13(3)9-14/h12-15,17H,6-11H2,1-5H3. The fourth-order valence-electron chi connectivity index (χ4n) is 3.85. The first-order valence-electron chi connectivity index (χ1n) is 7.90. The third kappa shape index (κ3) is 3.27. The average Bonchev–Trinajstić information content (AvgIpc) is 2.27. The van der Waals surface area contributed by atoms with E-state index < -0.39 is 0 Å². The molecule has 2 nitrogen and oxygen atoms in total. The Morgan fingerprint density at radius 3 is 2.56 bits per heavy atom. The lowest BCUT2D eigenvalue weighted by Gasteiger charge is -2.51. The highest BCUT2D eigenvalue weighted by atomic mass is 15.3. The first-order chi connectivity index (χ1) is 8.39. The van der Waals surface area contributed by atoms with E-state index in [9.17, 15) is 0 Å². The van der Waals surface area contributed by atoms with Crippen molar-refractivity contribution in [3.63, 3.8) is 0 Å². The monoisotopic (exact) mass is 252 g/mol. The Balaban J connectivity index is 2.09. The van der Waals surface area contributed by atoms with E-state index in [2.05, 4.69) is 44.8 Å². The van der Waals surface area contributed by atoms with Crippen LogP contribution in [0.3, 0.4) is 0 Å². The van der Waals surface area contributed by atoms with Gasteiger partial charge in [0.1, 0.15) is 0 Å². The van der Waals surface area contributed by atoms with Gasteiger partial charge in [-0.1, -0.05) is 33.6 Å². The molecule has 2 heteroatoms. The van der Waals surface area contributed by atoms with Gasteiger partial charge < -0.3 is 5.32 Å². The molecule has 3 unspecified atom stereocenters. The Morgan fingerprint density at radius 2 is 1.94 bits per heavy atom. The van der Waals surface area contributed by atoms with Gasteiger partial charge in [0.2, 0.25) is 0 Å². The van der Waals surface area contributed by atoms with Crippen LogP contribution in [0.1, 0.15) is 60.3 Å². The van der Waals surface area contributed by atoms with Gasteiger partial charge >= 0.3 is 0 Å². The Kier molecular flexibility index (Phi) is 4.38. The van der Waals surface area contributed by atoms with E-state index in [1.54, 1.807) is 0 Å². The van der Waals surface area contributed by atoms with E-state index in [0.717, 1.165) is 30.5 Å². The minimum absolute atomic E-state index is 0.284. The number of rotatable bonds is 2. The summed E-state index contributed by atoms with van der Waals surface area (Å²) in [5, 5.41) is 3.73. The average molecular weight is 252 g/mol. The summed E-state index contributed by atoms with van der Waals surface area (Å²) >= 11 is 0. The molecule has 2 rings (SSSR count). The van der Waals surface area contributed by atoms with Crippen LogP contribution in [-0.2, 0) is 0 Å². The molecule has 1 saturated heterocycles. The second-order valence-electron chi connectivity index (χ2n) is 7.67. The molecular weight excluding hydrogens is 220 g/mol. The highest BCUT2D eigenvalue weighted by Gasteiger charge is 2.38. The molecule has 0 bridgehead atoms. The normalized spacial score (nSPS) is 38.0. The van der Waals surface area contributed by atoms with Crippen molar-refractivity contribution in [2.24, 2.45) is 11.8 Å². The number of hydrogen-bond donors (Lipinski definition) is 1. The molecule has 1 N–H and O–H groups in total. The second kappa shape index (κ2) is 5.50. The van der Waals surface area contributed by atoms with Crippen LogP contribution in [0.25, 0.3) is 0 Å². The summed E-state index contributed by atoms with van der Waals surface area (Å²) in [5.74, 6) is 1.68. The lowest BCUT2D eigenvalue weighted by Crippen LogP contribution is -2.65. The molecule has 1 aliphatic heterocycles. The predicted octanol–water partition coefficient (Wildman–Crippen LogP) is 3.27. The van der Waals surface area contributed by atoms with E-state index in [0.29, 0.717) is 0 Å². The summed E-state index contributed by atoms with van der Waals surface area (Å²) in [7, 11) is 0. The summed E-state index contributed by atoms with van der Waals surface area (Å²) in [6.07, 6.45) is 5.71. The van der Waals surface area contributed by atoms with Crippen LogP contribution in [0.4, 0.5) is 0 Å². The summed E-state index contributed by atoms with van der Waals surface area (Å²) in [6, 6.07) is 1.57. The highest BCUT2D eigenvalue weighted by Crippen LogP contribution is 2.32. The molecule has 1 saturated carbocycles. The van der Waals surface area contributed by atoms with E-state index in [4.69, 9.17) is 0 Å². The Hall–Kier alpha value is -0.0800. The quantitative estimate of drug-likeness (QED) is 0.811. The van der Waals surface area contributed by atoms with Gasteiger partial charge in [0.05, 0.1) is 0 Å². The lowest BCUT2D eigenvalue weighted by atomic mass is 9.82. The van der Waals surface area contributed by atoms with E-state index in [1.807, 2.05) is 0 Å². The zero-order valence-electron chi connectivity index (χ0n) is 13.0. The van der Waals surface area contributed by atoms with Gasteiger partial charge in [-0.2, -0.15) is 0 Å². The van der Waals surface area contributed by atoms with Crippen LogP contribution in [0, 0.1) is 11.8 Å². The first kappa shape index (κ1) is 14.3. The van der Waals surface area contributed by atoms with Gasteiger partial charge in [-0.3, -0.25) is 4.90 Å². The molecule has 0 aromatic heterocycles. The Morgan fingerprint density at radius 1 is 1.22 bits per heavy atom. The fraction of sp³-hybridized carbons (Fsp3) is 1.00. The molecule has 18 heavy (non-hydrogen) atoms. The predicted molar refractivity (Wildman–Crippen MR) is 78.8 cm³/mol. The number of nitrogens with one attached hydrogen (secondary N) is 1. The molecule has 106 valence electrons. The van der Waals surface area contributed by atoms with Gasteiger partial charge in [-0.05, 0) is 38.5 Å². The smallest absolute Gasteiger partial charge is 0.0253 e. The van der Waals surface area contributed by atoms with E-state index in [-0.39, 0.29) is 5.54 Å². The minimum Gasteiger partial charge on any atom is -0.309 e. The zero-order valence-corrected chi connectivity index (χ0v) is 13.0. The summed E-state index contributed by atoms with van der Waals surface area (Å²) in [4.78, 5) is 2.84. The zero-order chi connectivity index (χ0) is 13.3. The summed E-state index contributed by atoms with van der Waals surface area (Å²) in [5.41, 5.74) is 0.284. The van der Waals surface area contributed by atoms with Gasteiger partial charge in [-0.15, -0.1) is 0 Å². The van der Waals surface area contributed by atoms with Crippen molar-refractivity contribution in [3.8, 4) is 0 Å². The maximum absolute atomic E-state index is 3.73. The highest BCUT2D eigenvalue weighted by molar-refractivity contribution is 4.96. The SMILES string of the molecule is CC1CCCC(N2CC(C)(C)NCC2C(C)C)C1. The van der Waals surface area contributed by atoms with Gasteiger partial charge in [0, 0.05) is 30.7 Å². The van der Waals surface area contributed by atoms with Crippen LogP contribution in [0.2, 0.25) is 0 Å². The third-order valence-electron chi connectivity index (χ3n) is 4.94. The largest absolute Gasteiger partial charge is 0.309 e. The van der Waals surface area contributed by atoms with Crippen molar-refractivity contribution >= 4 is 0 Å². The summed E-state index contributed by atoms with van der Waals surface area (Å²) < 4.78 is 0. The number of hydrogen-bond acceptors (Lipinski definition) is 2. The van der Waals surface area contributed by atoms with Crippen LogP contribution in [0.15, 0.2) is 0 Å². The molecule has 0 aromatic carbocycles. The topological polar surface area (TPSA) is 15.3 Å². The minimum atomic E-state index is 0.284. The van der Waals surface area contributed by atoms with E-state index in [1.165, 1.54) is 32.2 Å². The van der Waals surface area contributed by atoms with Crippen molar-refractivity contribution in [1.29, 1.82) is 0 Å². The fourth-order valence-corrected chi connectivity index (χ4v) is 3.85. The van der Waals surface area contributed by atoms with Crippen LogP contribution < -0.4 is 5.32 Å².